The Morgan fingerprint density at radius 2 is 0.938 bits per heavy atom. The summed E-state index contributed by atoms with van der Waals surface area (Å²) in [7, 11) is 0. The van der Waals surface area contributed by atoms with E-state index in [1.807, 2.05) is 123 Å². The average Bonchev–Trinajstić information content (AvgIpc) is 3.62. The summed E-state index contributed by atoms with van der Waals surface area (Å²) in [5.41, 5.74) is 4.69. The number of nitrogens with zero attached hydrogens (tertiary/aromatic N) is 1. The smallest absolute Gasteiger partial charge is 0.239 e. The summed E-state index contributed by atoms with van der Waals surface area (Å²) in [4.78, 5) is 59.5. The molecule has 2 amide bonds. The topological polar surface area (TPSA) is 71.5 Å². The number of aryl methyl sites for hydroxylation is 2. The molecule has 1 aliphatic heterocycles. The van der Waals surface area contributed by atoms with Crippen molar-refractivity contribution in [3.8, 4) is 0 Å². The number of ketones is 2. The minimum absolute atomic E-state index is 0.109. The molecule has 0 N–H and O–H groups in total. The first kappa shape index (κ1) is 29.7. The highest BCUT2D eigenvalue weighted by molar-refractivity contribution is 6.39. The van der Waals surface area contributed by atoms with Crippen molar-refractivity contribution in [3.05, 3.63) is 172 Å². The van der Waals surface area contributed by atoms with Crippen molar-refractivity contribution in [2.24, 2.45) is 11.8 Å². The van der Waals surface area contributed by atoms with Crippen molar-refractivity contribution in [2.45, 2.75) is 31.6 Å². The number of benzene rings is 5. The molecule has 5 aromatic rings. The van der Waals surface area contributed by atoms with E-state index in [1.165, 1.54) is 11.8 Å². The fourth-order valence-electron chi connectivity index (χ4n) is 8.66. The molecule has 2 aliphatic carbocycles. The van der Waals surface area contributed by atoms with Crippen molar-refractivity contribution in [1.29, 1.82) is 0 Å². The molecule has 0 unspecified atom stereocenters. The van der Waals surface area contributed by atoms with Crippen molar-refractivity contribution in [2.75, 3.05) is 4.90 Å². The molecule has 48 heavy (non-hydrogen) atoms. The number of allylic oxidation sites excluding steroid dienone is 2. The zero-order valence-corrected chi connectivity index (χ0v) is 26.9. The summed E-state index contributed by atoms with van der Waals surface area (Å²) in [6.45, 7) is 5.52. The Bertz CT molecular complexity index is 2040. The van der Waals surface area contributed by atoms with E-state index in [0.29, 0.717) is 22.4 Å². The lowest BCUT2D eigenvalue weighted by molar-refractivity contribution is -0.130. The van der Waals surface area contributed by atoms with E-state index >= 15 is 14.4 Å². The number of hydrogen-bond acceptors (Lipinski definition) is 4. The second kappa shape index (κ2) is 10.7. The number of carbonyl (C=O) groups excluding carboxylic acids is 4. The minimum atomic E-state index is -1.46. The van der Waals surface area contributed by atoms with Crippen LogP contribution in [0.25, 0.3) is 11.1 Å². The van der Waals surface area contributed by atoms with Crippen LogP contribution in [0.4, 0.5) is 5.69 Å². The van der Waals surface area contributed by atoms with Gasteiger partial charge in [0.05, 0.1) is 28.4 Å². The molecule has 0 aromatic heterocycles. The van der Waals surface area contributed by atoms with Gasteiger partial charge < -0.3 is 0 Å². The van der Waals surface area contributed by atoms with Crippen LogP contribution in [-0.2, 0) is 25.2 Å². The van der Waals surface area contributed by atoms with Gasteiger partial charge in [0.2, 0.25) is 11.8 Å². The molecule has 4 atom stereocenters. The predicted molar refractivity (Wildman–Crippen MR) is 186 cm³/mol. The number of anilines is 1. The lowest BCUT2D eigenvalue weighted by atomic mass is 9.59. The van der Waals surface area contributed by atoms with Gasteiger partial charge in [-0.15, -0.1) is 0 Å². The Labute approximate surface area is 279 Å². The van der Waals surface area contributed by atoms with E-state index in [2.05, 4.69) is 0 Å². The summed E-state index contributed by atoms with van der Waals surface area (Å²) < 4.78 is 0. The lowest BCUT2D eigenvalue weighted by Crippen LogP contribution is -2.45. The summed E-state index contributed by atoms with van der Waals surface area (Å²) in [5.74, 6) is -3.09. The van der Waals surface area contributed by atoms with E-state index in [0.717, 1.165) is 33.4 Å². The van der Waals surface area contributed by atoms with Gasteiger partial charge in [0, 0.05) is 5.56 Å². The Morgan fingerprint density at radius 3 is 1.31 bits per heavy atom. The molecule has 5 nitrogen and oxygen atoms in total. The number of carbonyl (C=O) groups is 4. The van der Waals surface area contributed by atoms with Crippen LogP contribution in [-0.4, -0.2) is 23.4 Å². The third kappa shape index (κ3) is 3.79. The van der Waals surface area contributed by atoms with Crippen LogP contribution < -0.4 is 4.90 Å². The number of rotatable bonds is 6. The molecular weight excluding hydrogens is 594 g/mol. The van der Waals surface area contributed by atoms with E-state index in [-0.39, 0.29) is 11.6 Å². The molecule has 234 valence electrons. The third-order valence-electron chi connectivity index (χ3n) is 10.7. The van der Waals surface area contributed by atoms with Crippen molar-refractivity contribution < 1.29 is 19.2 Å². The molecule has 0 spiro atoms. The van der Waals surface area contributed by atoms with Gasteiger partial charge in [-0.2, -0.15) is 0 Å². The monoisotopic (exact) mass is 627 g/mol. The molecule has 5 heteroatoms. The zero-order chi connectivity index (χ0) is 33.4. The minimum Gasteiger partial charge on any atom is -0.297 e. The van der Waals surface area contributed by atoms with Crippen molar-refractivity contribution in [1.82, 2.24) is 0 Å². The maximum Gasteiger partial charge on any atom is 0.239 e. The Hall–Kier alpha value is -5.68. The van der Waals surface area contributed by atoms with Gasteiger partial charge in [-0.1, -0.05) is 120 Å². The zero-order valence-electron chi connectivity index (χ0n) is 26.9. The molecule has 5 aromatic carbocycles. The largest absolute Gasteiger partial charge is 0.297 e. The molecule has 2 bridgehead atoms. The van der Waals surface area contributed by atoms with Crippen molar-refractivity contribution in [3.63, 3.8) is 0 Å². The molecule has 1 saturated carbocycles. The highest BCUT2D eigenvalue weighted by Crippen LogP contribution is 2.74. The van der Waals surface area contributed by atoms with Crippen LogP contribution in [0.1, 0.15) is 50.7 Å². The summed E-state index contributed by atoms with van der Waals surface area (Å²) in [6.07, 6.45) is 0. The Balaban J connectivity index is 1.52. The highest BCUT2D eigenvalue weighted by atomic mass is 16.2. The molecule has 2 fully saturated rings. The maximum absolute atomic E-state index is 16.0. The van der Waals surface area contributed by atoms with E-state index in [9.17, 15) is 4.79 Å². The number of amides is 2. The first-order chi connectivity index (χ1) is 23.2. The van der Waals surface area contributed by atoms with Gasteiger partial charge in [-0.3, -0.25) is 19.2 Å². The van der Waals surface area contributed by atoms with E-state index in [4.69, 9.17) is 0 Å². The first-order valence-corrected chi connectivity index (χ1v) is 16.3. The molecule has 3 aliphatic rings. The molecular formula is C43H33NO4. The van der Waals surface area contributed by atoms with Gasteiger partial charge >= 0.3 is 0 Å². The van der Waals surface area contributed by atoms with Crippen LogP contribution in [0.15, 0.2) is 133 Å². The van der Waals surface area contributed by atoms with Gasteiger partial charge in [0.25, 0.3) is 0 Å². The summed E-state index contributed by atoms with van der Waals surface area (Å²) in [6, 6.07) is 41.9. The van der Waals surface area contributed by atoms with Gasteiger partial charge in [0.1, 0.15) is 0 Å². The van der Waals surface area contributed by atoms with Crippen LogP contribution in [0, 0.1) is 25.7 Å². The standard InChI is InChI=1S/C43H33NO4/c1-26-14-18-30(19-15-26)35-36(31-20-16-27(2)17-21-31)43(33-12-8-5-9-13-33)38-37(42(35,41(43)48)32-10-6-4-7-11-32)39(46)44(40(38)47)34-24-22-29(23-25-34)28(3)45/h4-25,37-38H,1-3H3/t37-,38+,42-,43-/m0/s1. The van der Waals surface area contributed by atoms with E-state index in [1.54, 1.807) is 24.3 Å². The van der Waals surface area contributed by atoms with Gasteiger partial charge in [0.15, 0.2) is 11.6 Å². The second-order valence-corrected chi connectivity index (χ2v) is 13.2. The Morgan fingerprint density at radius 1 is 0.542 bits per heavy atom. The molecule has 8 rings (SSSR count). The first-order valence-electron chi connectivity index (χ1n) is 16.3. The normalized spacial score (nSPS) is 24.4. The van der Waals surface area contributed by atoms with Crippen LogP contribution >= 0.6 is 0 Å². The summed E-state index contributed by atoms with van der Waals surface area (Å²) >= 11 is 0. The fraction of sp³-hybridized carbons (Fsp3) is 0.163. The maximum atomic E-state index is 16.0. The predicted octanol–water partition coefficient (Wildman–Crippen LogP) is 7.69. The molecule has 1 heterocycles. The fourth-order valence-corrected chi connectivity index (χ4v) is 8.66. The summed E-state index contributed by atoms with van der Waals surface area (Å²) in [5, 5.41) is 0. The Kier molecular flexibility index (Phi) is 6.61. The number of imide groups is 1. The van der Waals surface area contributed by atoms with Crippen LogP contribution in [0.5, 0.6) is 0 Å². The van der Waals surface area contributed by atoms with Crippen LogP contribution in [0.2, 0.25) is 0 Å². The number of Topliss-reactive ketones (excluding diaryl/α,β-unsaturated/α-hetero) is 2. The van der Waals surface area contributed by atoms with Crippen molar-refractivity contribution >= 4 is 40.2 Å². The SMILES string of the molecule is CC(=O)c1ccc(N2C(=O)[C@@H]3[C@H](C2=O)[C@@]2(c4ccccc4)C(=O)[C@@]3(c3ccccc3)C(c3ccc(C)cc3)=C2c2ccc(C)cc2)cc1. The quantitative estimate of drug-likeness (QED) is 0.143. The third-order valence-corrected chi connectivity index (χ3v) is 10.7. The number of fused-ring (bicyclic) bond motifs is 5. The molecule has 1 saturated heterocycles. The van der Waals surface area contributed by atoms with Crippen LogP contribution in [0.3, 0.4) is 0 Å². The molecule has 0 radical (unpaired) electrons. The average molecular weight is 628 g/mol. The lowest BCUT2D eigenvalue weighted by Gasteiger charge is -2.39. The van der Waals surface area contributed by atoms with E-state index < -0.39 is 34.5 Å². The number of hydrogen-bond donors (Lipinski definition) is 0. The highest BCUT2D eigenvalue weighted by Gasteiger charge is 2.82. The second-order valence-electron chi connectivity index (χ2n) is 13.2. The van der Waals surface area contributed by atoms with Gasteiger partial charge in [-0.05, 0) is 78.4 Å². The van der Waals surface area contributed by atoms with Gasteiger partial charge in [-0.25, -0.2) is 4.90 Å².